The van der Waals surface area contributed by atoms with Crippen LogP contribution in [0.5, 0.6) is 0 Å². The Morgan fingerprint density at radius 2 is 2.12 bits per heavy atom. The predicted molar refractivity (Wildman–Crippen MR) is 94.0 cm³/mol. The molecule has 0 aliphatic carbocycles. The molecule has 3 rings (SSSR count). The van der Waals surface area contributed by atoms with Crippen molar-refractivity contribution in [3.63, 3.8) is 0 Å². The van der Waals surface area contributed by atoms with Gasteiger partial charge in [-0.25, -0.2) is 0 Å². The third kappa shape index (κ3) is 4.67. The zero-order valence-corrected chi connectivity index (χ0v) is 14.4. The van der Waals surface area contributed by atoms with E-state index < -0.39 is 5.60 Å². The Kier molecular flexibility index (Phi) is 5.83. The highest BCUT2D eigenvalue weighted by Crippen LogP contribution is 2.23. The number of aliphatic hydroxyl groups excluding tert-OH is 1. The van der Waals surface area contributed by atoms with E-state index in [1.807, 2.05) is 52.2 Å². The predicted octanol–water partition coefficient (Wildman–Crippen LogP) is 1.50. The SMILES string of the molecule is O=C(CCCn1cccn1)N1CCOC(CO)(Cc2ccccc2)C1. The molecule has 1 saturated heterocycles. The lowest BCUT2D eigenvalue weighted by molar-refractivity contribution is -0.158. The Labute approximate surface area is 148 Å². The summed E-state index contributed by atoms with van der Waals surface area (Å²) in [5.74, 6) is 0.112. The van der Waals surface area contributed by atoms with E-state index in [1.165, 1.54) is 0 Å². The van der Waals surface area contributed by atoms with Crippen molar-refractivity contribution >= 4 is 5.91 Å². The number of amides is 1. The molecule has 1 amide bonds. The lowest BCUT2D eigenvalue weighted by atomic mass is 9.93. The van der Waals surface area contributed by atoms with E-state index in [1.54, 1.807) is 6.20 Å². The van der Waals surface area contributed by atoms with Gasteiger partial charge in [-0.1, -0.05) is 30.3 Å². The first kappa shape index (κ1) is 17.6. The maximum Gasteiger partial charge on any atom is 0.222 e. The molecule has 1 N–H and O–H groups in total. The molecule has 134 valence electrons. The summed E-state index contributed by atoms with van der Waals surface area (Å²) >= 11 is 0. The minimum absolute atomic E-state index is 0.0983. The summed E-state index contributed by atoms with van der Waals surface area (Å²) in [5, 5.41) is 14.1. The van der Waals surface area contributed by atoms with Crippen LogP contribution < -0.4 is 0 Å². The summed E-state index contributed by atoms with van der Waals surface area (Å²) in [6.07, 6.45) is 5.47. The quantitative estimate of drug-likeness (QED) is 0.827. The number of rotatable bonds is 7. The van der Waals surface area contributed by atoms with Gasteiger partial charge in [0.2, 0.25) is 5.91 Å². The average molecular weight is 343 g/mol. The Morgan fingerprint density at radius 3 is 2.84 bits per heavy atom. The van der Waals surface area contributed by atoms with E-state index in [0.29, 0.717) is 32.5 Å². The minimum atomic E-state index is -0.711. The highest BCUT2D eigenvalue weighted by molar-refractivity contribution is 5.76. The second kappa shape index (κ2) is 8.27. The van der Waals surface area contributed by atoms with Crippen LogP contribution in [0, 0.1) is 0 Å². The second-order valence-corrected chi connectivity index (χ2v) is 6.54. The number of aliphatic hydroxyl groups is 1. The maximum atomic E-state index is 12.5. The molecular formula is C19H25N3O3. The highest BCUT2D eigenvalue weighted by atomic mass is 16.5. The Hall–Kier alpha value is -2.18. The summed E-state index contributed by atoms with van der Waals surface area (Å²) in [6.45, 7) is 2.10. The zero-order chi connectivity index (χ0) is 17.5. The first-order valence-electron chi connectivity index (χ1n) is 8.75. The first-order valence-corrected chi connectivity index (χ1v) is 8.75. The van der Waals surface area contributed by atoms with Gasteiger partial charge in [-0.05, 0) is 18.1 Å². The van der Waals surface area contributed by atoms with E-state index in [9.17, 15) is 9.90 Å². The molecule has 1 aliphatic heterocycles. The summed E-state index contributed by atoms with van der Waals surface area (Å²) in [7, 11) is 0. The number of carbonyl (C=O) groups is 1. The van der Waals surface area contributed by atoms with Gasteiger partial charge in [-0.3, -0.25) is 9.48 Å². The fraction of sp³-hybridized carbons (Fsp3) is 0.474. The highest BCUT2D eigenvalue weighted by Gasteiger charge is 2.37. The fourth-order valence-corrected chi connectivity index (χ4v) is 3.27. The van der Waals surface area contributed by atoms with Crippen LogP contribution in [0.2, 0.25) is 0 Å². The van der Waals surface area contributed by atoms with E-state index in [2.05, 4.69) is 5.10 Å². The fourth-order valence-electron chi connectivity index (χ4n) is 3.27. The van der Waals surface area contributed by atoms with Crippen molar-refractivity contribution in [2.24, 2.45) is 0 Å². The number of carbonyl (C=O) groups excluding carboxylic acids is 1. The molecule has 0 spiro atoms. The largest absolute Gasteiger partial charge is 0.393 e. The summed E-state index contributed by atoms with van der Waals surface area (Å²) in [5.41, 5.74) is 0.390. The van der Waals surface area contributed by atoms with Crippen molar-refractivity contribution in [2.75, 3.05) is 26.3 Å². The molecule has 1 atom stereocenters. The van der Waals surface area contributed by atoms with Gasteiger partial charge in [-0.15, -0.1) is 0 Å². The Morgan fingerprint density at radius 1 is 1.28 bits per heavy atom. The molecule has 1 aliphatic rings. The van der Waals surface area contributed by atoms with Crippen molar-refractivity contribution in [3.8, 4) is 0 Å². The van der Waals surface area contributed by atoms with Gasteiger partial charge in [-0.2, -0.15) is 5.10 Å². The van der Waals surface area contributed by atoms with Crippen LogP contribution in [0.1, 0.15) is 18.4 Å². The standard InChI is InChI=1S/C19H25N3O3/c23-16-19(14-17-6-2-1-3-7-17)15-21(12-13-25-19)18(24)8-4-10-22-11-5-9-20-22/h1-3,5-7,9,11,23H,4,8,10,12-16H2. The molecule has 1 aromatic heterocycles. The van der Waals surface area contributed by atoms with Crippen LogP contribution in [0.3, 0.4) is 0 Å². The summed E-state index contributed by atoms with van der Waals surface area (Å²) in [6, 6.07) is 11.8. The summed E-state index contributed by atoms with van der Waals surface area (Å²) in [4.78, 5) is 14.4. The molecule has 0 radical (unpaired) electrons. The van der Waals surface area contributed by atoms with Gasteiger partial charge in [0.15, 0.2) is 0 Å². The number of nitrogens with zero attached hydrogens (tertiary/aromatic N) is 3. The third-order valence-corrected chi connectivity index (χ3v) is 4.60. The zero-order valence-electron chi connectivity index (χ0n) is 14.4. The summed E-state index contributed by atoms with van der Waals surface area (Å²) < 4.78 is 7.74. The molecule has 2 aromatic rings. The number of hydrogen-bond acceptors (Lipinski definition) is 4. The molecule has 2 heterocycles. The number of aromatic nitrogens is 2. The van der Waals surface area contributed by atoms with Crippen LogP contribution >= 0.6 is 0 Å². The van der Waals surface area contributed by atoms with Crippen molar-refractivity contribution in [1.29, 1.82) is 0 Å². The van der Waals surface area contributed by atoms with Gasteiger partial charge in [0.25, 0.3) is 0 Å². The van der Waals surface area contributed by atoms with Crippen LogP contribution in [0.25, 0.3) is 0 Å². The molecule has 1 fully saturated rings. The second-order valence-electron chi connectivity index (χ2n) is 6.54. The maximum absolute atomic E-state index is 12.5. The number of hydrogen-bond donors (Lipinski definition) is 1. The number of morpholine rings is 1. The van der Waals surface area contributed by atoms with Gasteiger partial charge in [0.1, 0.15) is 5.60 Å². The molecule has 0 bridgehead atoms. The third-order valence-electron chi connectivity index (χ3n) is 4.60. The van der Waals surface area contributed by atoms with E-state index in [4.69, 9.17) is 4.74 Å². The molecule has 0 saturated carbocycles. The van der Waals surface area contributed by atoms with Crippen molar-refractivity contribution in [1.82, 2.24) is 14.7 Å². The molecule has 6 heteroatoms. The minimum Gasteiger partial charge on any atom is -0.393 e. The van der Waals surface area contributed by atoms with Crippen molar-refractivity contribution in [3.05, 3.63) is 54.4 Å². The topological polar surface area (TPSA) is 67.6 Å². The van der Waals surface area contributed by atoms with Gasteiger partial charge >= 0.3 is 0 Å². The molecule has 1 unspecified atom stereocenters. The van der Waals surface area contributed by atoms with Gasteiger partial charge < -0.3 is 14.7 Å². The van der Waals surface area contributed by atoms with Crippen LogP contribution in [-0.4, -0.2) is 57.6 Å². The van der Waals surface area contributed by atoms with Crippen LogP contribution in [0.4, 0.5) is 0 Å². The monoisotopic (exact) mass is 343 g/mol. The Balaban J connectivity index is 1.55. The Bertz CT molecular complexity index is 660. The van der Waals surface area contributed by atoms with Crippen molar-refractivity contribution in [2.45, 2.75) is 31.4 Å². The normalized spacial score (nSPS) is 20.6. The number of benzene rings is 1. The number of aryl methyl sites for hydroxylation is 1. The first-order chi connectivity index (χ1) is 12.2. The lowest BCUT2D eigenvalue weighted by Gasteiger charge is -2.42. The van der Waals surface area contributed by atoms with E-state index in [-0.39, 0.29) is 12.5 Å². The van der Waals surface area contributed by atoms with E-state index in [0.717, 1.165) is 18.5 Å². The van der Waals surface area contributed by atoms with Crippen molar-refractivity contribution < 1.29 is 14.6 Å². The molecule has 6 nitrogen and oxygen atoms in total. The smallest absolute Gasteiger partial charge is 0.222 e. The molecule has 25 heavy (non-hydrogen) atoms. The van der Waals surface area contributed by atoms with Crippen LogP contribution in [-0.2, 0) is 22.5 Å². The van der Waals surface area contributed by atoms with E-state index >= 15 is 0 Å². The van der Waals surface area contributed by atoms with Gasteiger partial charge in [0.05, 0.1) is 19.8 Å². The molecular weight excluding hydrogens is 318 g/mol. The van der Waals surface area contributed by atoms with Crippen LogP contribution in [0.15, 0.2) is 48.8 Å². The lowest BCUT2D eigenvalue weighted by Crippen LogP contribution is -2.56. The average Bonchev–Trinajstić information content (AvgIpc) is 3.16. The number of ether oxygens (including phenoxy) is 1. The molecule has 1 aromatic carbocycles. The van der Waals surface area contributed by atoms with Gasteiger partial charge in [0, 0.05) is 38.3 Å².